The van der Waals surface area contributed by atoms with Gasteiger partial charge in [0.15, 0.2) is 11.5 Å². The molecule has 0 unspecified atom stereocenters. The zero-order valence-corrected chi connectivity index (χ0v) is 15.7. The summed E-state index contributed by atoms with van der Waals surface area (Å²) in [4.78, 5) is 6.83. The maximum absolute atomic E-state index is 12.5. The molecule has 14 heteroatoms. The molecule has 0 spiro atoms. The van der Waals surface area contributed by atoms with Gasteiger partial charge in [-0.15, -0.1) is 0 Å². The Labute approximate surface area is 247 Å². The van der Waals surface area contributed by atoms with Crippen LogP contribution in [0.2, 0.25) is 0 Å². The van der Waals surface area contributed by atoms with Gasteiger partial charge in [0.2, 0.25) is 0 Å². The molecule has 0 aliphatic rings. The third kappa shape index (κ3) is 8.71. The molecule has 0 saturated heterocycles. The fourth-order valence-electron chi connectivity index (χ4n) is 1.73. The van der Waals surface area contributed by atoms with Crippen molar-refractivity contribution in [3.05, 3.63) is 59.2 Å². The number of hydrogen-bond acceptors (Lipinski definition) is 7. The van der Waals surface area contributed by atoms with Crippen molar-refractivity contribution in [2.75, 3.05) is 14.1 Å². The van der Waals surface area contributed by atoms with E-state index >= 15 is 0 Å². The van der Waals surface area contributed by atoms with Gasteiger partial charge in [-0.2, -0.15) is 36.7 Å². The number of nitrogens with one attached hydrogen (secondary N) is 2. The highest BCUT2D eigenvalue weighted by Crippen LogP contribution is 2.31. The van der Waals surface area contributed by atoms with Gasteiger partial charge >= 0.3 is 12.4 Å². The molecule has 0 aliphatic heterocycles. The summed E-state index contributed by atoms with van der Waals surface area (Å²) >= 11 is 0. The average molecular weight is 595 g/mol. The number of alkyl halides is 6. The van der Waals surface area contributed by atoms with E-state index in [4.69, 9.17) is 85.2 Å². The van der Waals surface area contributed by atoms with Gasteiger partial charge < -0.3 is 11.2 Å². The number of halogens is 6. The second-order valence-electron chi connectivity index (χ2n) is 4.92. The van der Waals surface area contributed by atoms with Crippen LogP contribution < -0.4 is 22.4 Å². The minimum Gasteiger partial charge on any atom is -0.380 e. The Morgan fingerprint density at radius 1 is 1.07 bits per heavy atom. The quantitative estimate of drug-likeness (QED) is 0.0897. The van der Waals surface area contributed by atoms with E-state index < -0.39 is 29.2 Å². The van der Waals surface area contributed by atoms with E-state index in [9.17, 15) is 26.3 Å². The first-order chi connectivity index (χ1) is 38.9. The van der Waals surface area contributed by atoms with Crippen molar-refractivity contribution >= 4 is 5.84 Å². The van der Waals surface area contributed by atoms with E-state index in [0.717, 1.165) is 24.4 Å². The normalized spacial score (nSPS) is 17.9. The molecule has 0 bridgehead atoms. The molecule has 0 aliphatic carbocycles. The van der Waals surface area contributed by atoms with Gasteiger partial charge in [0.1, 0.15) is 11.8 Å². The Balaban J connectivity index is -0.0000000152. The summed E-state index contributed by atoms with van der Waals surface area (Å²) in [6.45, 7) is 0. The van der Waals surface area contributed by atoms with Crippen molar-refractivity contribution in [1.82, 2.24) is 20.8 Å². The number of hydrazine groups is 1. The second-order valence-corrected chi connectivity index (χ2v) is 4.92. The second kappa shape index (κ2) is 12.2. The van der Waals surface area contributed by atoms with Crippen molar-refractivity contribution < 1.29 is 103 Å². The molecule has 218 valence electrons. The predicted molar refractivity (Wildman–Crippen MR) is 153 cm³/mol. The van der Waals surface area contributed by atoms with Gasteiger partial charge in [0.05, 0.1) is 11.1 Å². The molecule has 2 rings (SSSR count). The Morgan fingerprint density at radius 2 is 1.53 bits per heavy atom. The molecule has 0 aromatic carbocycles. The molecule has 8 nitrogen and oxygen atoms in total. The Kier molecular flexibility index (Phi) is 2.76. The SMILES string of the molecule is CN/N=C(\N)c1ncccc1C(F)(F)F.CNN.N#Cc1ncccc1C(F)(F)F.[3HH].[3HH].[3H][3H].[3H][3H].[3H][3H].[3H][3H].[3H][3H].[3H][3H].[3H][3H].[3H][3H].[3H][3H].[3H][3H].[3H][3H].[3H][3H].[3H][3H].[3H][3H].[3H][3H].[3H][3H].[3H][3H].[3H][3H].[3H][3H].[3H][3H].[3H][3H].[3H][3H].[3H][3H].[3H][3H].[3H][3H]. The first-order valence-electron chi connectivity index (χ1n) is 32.8. The molecule has 0 atom stereocenters. The molecule has 2 aromatic heterocycles. The highest BCUT2D eigenvalue weighted by Gasteiger charge is 2.35. The lowest BCUT2D eigenvalue weighted by Gasteiger charge is -2.10. The number of aromatic nitrogens is 2. The van der Waals surface area contributed by atoms with Crippen LogP contribution in [0.3, 0.4) is 0 Å². The summed E-state index contributed by atoms with van der Waals surface area (Å²) in [5.74, 6) is 4.30. The summed E-state index contributed by atoms with van der Waals surface area (Å²) in [6.07, 6.45) is -6.62. The van der Waals surface area contributed by atoms with Crippen LogP contribution in [0.1, 0.15) is 99.6 Å². The fraction of sp³-hybridized carbons (Fsp3) is 0.250. The summed E-state index contributed by atoms with van der Waals surface area (Å²) in [5.41, 5.74) is 7.02. The molecule has 6 N–H and O–H groups in total. The molecular weight excluding hydrogens is 418 g/mol. The minimum absolute atomic E-state index is 0. The van der Waals surface area contributed by atoms with E-state index in [0.29, 0.717) is 0 Å². The van der Waals surface area contributed by atoms with Crippen LogP contribution in [0.15, 0.2) is 41.8 Å². The Bertz CT molecular complexity index is 935. The zero-order valence-electron chi connectivity index (χ0n) is 65.7. The third-order valence-corrected chi connectivity index (χ3v) is 2.81. The standard InChI is InChI=1S/C8H9F3N4.C7H3F3N2.CH6N2.27H2/c1-13-15-7(12)6-5(8(9,10)11)3-2-4-14-6;8-7(9,10)5-2-1-3-12-6(5)4-11;1-3-2;;;;;;;;;;;;;;;;;;;;;;;;;;;/h2-4,13H,1H3,(H2,12,15);1-3H;3H,2H2,1H3;27*1H/i;;;25*1+2T;2*1+2. The minimum atomic E-state index is -4.50. The predicted octanol–water partition coefficient (Wildman–Crippen LogP) is 8.63. The largest absolute Gasteiger partial charge is 0.419 e. The summed E-state index contributed by atoms with van der Waals surface area (Å²) < 4.78 is 324. The molecule has 2 aromatic rings. The van der Waals surface area contributed by atoms with Crippen LogP contribution >= 0.6 is 0 Å². The number of amidine groups is 1. The Morgan fingerprint density at radius 3 is 1.93 bits per heavy atom. The third-order valence-electron chi connectivity index (χ3n) is 2.81. The van der Waals surface area contributed by atoms with Gasteiger partial charge in [-0.25, -0.2) is 4.98 Å². The maximum Gasteiger partial charge on any atom is 0.419 e. The molecule has 0 radical (unpaired) electrons. The molecule has 0 saturated carbocycles. The van der Waals surface area contributed by atoms with Crippen molar-refractivity contribution in [2.45, 2.75) is 12.4 Å². The number of nitriles is 1. The molecular formula is C16H72F6N8. The van der Waals surface area contributed by atoms with Crippen LogP contribution in [-0.2, 0) is 12.4 Å². The number of nitrogens with zero attached hydrogens (tertiary/aromatic N) is 4. The summed E-state index contributed by atoms with van der Waals surface area (Å²) in [7, 11) is 3.09. The monoisotopic (exact) mass is 595 g/mol. The van der Waals surface area contributed by atoms with E-state index in [2.05, 4.69) is 31.8 Å². The average Bonchev–Trinajstić information content (AvgIpc) is 3.60. The molecule has 30 heavy (non-hydrogen) atoms. The lowest BCUT2D eigenvalue weighted by atomic mass is 10.2. The van der Waals surface area contributed by atoms with Crippen LogP contribution in [0.25, 0.3) is 0 Å². The first-order valence-corrected chi connectivity index (χ1v) is 7.76. The van der Waals surface area contributed by atoms with E-state index in [1.165, 1.54) is 25.4 Å². The van der Waals surface area contributed by atoms with E-state index in [1.807, 2.05) is 0 Å². The van der Waals surface area contributed by atoms with Crippen LogP contribution in [-0.4, -0.2) is 29.9 Å². The smallest absolute Gasteiger partial charge is 0.380 e. The van der Waals surface area contributed by atoms with E-state index in [1.54, 1.807) is 7.05 Å². The highest BCUT2D eigenvalue weighted by molar-refractivity contribution is 5.96. The van der Waals surface area contributed by atoms with Crippen LogP contribution in [0.4, 0.5) is 26.3 Å². The van der Waals surface area contributed by atoms with Gasteiger partial charge in [0.25, 0.3) is 0 Å². The summed E-state index contributed by atoms with van der Waals surface area (Å²) in [5, 5.41) is 11.7. The summed E-state index contributed by atoms with van der Waals surface area (Å²) in [6, 6.07) is 5.44. The fourth-order valence-corrected chi connectivity index (χ4v) is 1.73. The highest BCUT2D eigenvalue weighted by atomic mass is 19.4. The lowest BCUT2D eigenvalue weighted by molar-refractivity contribution is -0.138. The number of rotatable bonds is 2. The number of nitrogens with two attached hydrogens (primary N) is 2. The maximum atomic E-state index is 12.5. The van der Waals surface area contributed by atoms with E-state index in [-0.39, 0.29) is 14.4 Å². The van der Waals surface area contributed by atoms with Crippen LogP contribution in [0, 0.1) is 11.3 Å². The van der Waals surface area contributed by atoms with Gasteiger partial charge in [-0.1, -0.05) is 0 Å². The Hall–Kier alpha value is -3.44. The first kappa shape index (κ1) is 6.79. The molecule has 2 heterocycles. The zero-order chi connectivity index (χ0) is 73.4. The number of hydrazone groups is 1. The number of hydrogen-bond donors (Lipinski definition) is 4. The van der Waals surface area contributed by atoms with Gasteiger partial charge in [-0.3, -0.25) is 16.3 Å². The van der Waals surface area contributed by atoms with Crippen molar-refractivity contribution in [3.63, 3.8) is 0 Å². The molecule has 0 fully saturated rings. The van der Waals surface area contributed by atoms with Crippen molar-refractivity contribution in [2.24, 2.45) is 16.7 Å². The van der Waals surface area contributed by atoms with Crippen molar-refractivity contribution in [3.8, 4) is 6.07 Å². The number of pyridine rings is 2. The van der Waals surface area contributed by atoms with Crippen LogP contribution in [0.5, 0.6) is 0 Å². The topological polar surface area (TPSA) is 138 Å². The van der Waals surface area contributed by atoms with Gasteiger partial charge in [0, 0.05) is 96.5 Å². The van der Waals surface area contributed by atoms with Crippen molar-refractivity contribution in [1.29, 1.82) is 5.26 Å². The van der Waals surface area contributed by atoms with Gasteiger partial charge in [-0.05, 0) is 31.3 Å². The molecule has 0 amide bonds. The lowest BCUT2D eigenvalue weighted by Crippen LogP contribution is -2.23.